The second-order valence-corrected chi connectivity index (χ2v) is 21.7. The minimum atomic E-state index is -4.63. The van der Waals surface area contributed by atoms with Crippen molar-refractivity contribution in [3.05, 3.63) is 106 Å². The summed E-state index contributed by atoms with van der Waals surface area (Å²) in [6.45, 7) is 9.65. The third-order valence-electron chi connectivity index (χ3n) is 15.5. The maximum Gasteiger partial charge on any atom is 0.312 e. The number of sulfonamides is 1. The molecule has 15 nitrogen and oxygen atoms in total. The van der Waals surface area contributed by atoms with Crippen molar-refractivity contribution in [1.82, 2.24) is 24.6 Å². The molecule has 2 aromatic carbocycles. The van der Waals surface area contributed by atoms with E-state index in [0.717, 1.165) is 68.0 Å². The average Bonchev–Trinajstić information content (AvgIpc) is 3.60. The first-order valence-electron chi connectivity index (χ1n) is 23.2. The van der Waals surface area contributed by atoms with Crippen LogP contribution in [0, 0.1) is 27.4 Å². The van der Waals surface area contributed by atoms with E-state index in [2.05, 4.69) is 72.9 Å². The van der Waals surface area contributed by atoms with E-state index in [1.807, 2.05) is 12.1 Å². The molecule has 16 heteroatoms. The number of aromatic nitrogens is 3. The number of aromatic amines is 1. The third kappa shape index (κ3) is 8.22. The summed E-state index contributed by atoms with van der Waals surface area (Å²) in [6.07, 6.45) is 14.1. The number of ether oxygens (including phenoxy) is 1. The first-order chi connectivity index (χ1) is 31.1. The van der Waals surface area contributed by atoms with E-state index in [1.165, 1.54) is 44.0 Å². The Morgan fingerprint density at radius 3 is 2.49 bits per heavy atom. The number of nitrogens with one attached hydrogen (secondary N) is 3. The van der Waals surface area contributed by atoms with Crippen LogP contribution in [0.4, 0.5) is 17.2 Å². The van der Waals surface area contributed by atoms with Crippen LogP contribution in [0.25, 0.3) is 11.0 Å². The quantitative estimate of drug-likeness (QED) is 0.0650. The molecule has 342 valence electrons. The van der Waals surface area contributed by atoms with Gasteiger partial charge in [0.15, 0.2) is 0 Å². The van der Waals surface area contributed by atoms with Crippen LogP contribution in [-0.4, -0.2) is 82.0 Å². The molecule has 65 heavy (non-hydrogen) atoms. The molecular weight excluding hydrogens is 845 g/mol. The van der Waals surface area contributed by atoms with E-state index in [4.69, 9.17) is 4.74 Å². The molecule has 2 unspecified atom stereocenters. The third-order valence-corrected chi connectivity index (χ3v) is 16.7. The van der Waals surface area contributed by atoms with Crippen LogP contribution in [0.5, 0.6) is 11.5 Å². The molecule has 3 saturated carbocycles. The Kier molecular flexibility index (Phi) is 10.9. The van der Waals surface area contributed by atoms with Gasteiger partial charge in [-0.05, 0) is 136 Å². The van der Waals surface area contributed by atoms with E-state index >= 15 is 0 Å². The van der Waals surface area contributed by atoms with E-state index in [9.17, 15) is 28.4 Å². The van der Waals surface area contributed by atoms with Crippen LogP contribution >= 0.6 is 0 Å². The molecule has 10 rings (SSSR count). The fourth-order valence-electron chi connectivity index (χ4n) is 11.6. The van der Waals surface area contributed by atoms with Gasteiger partial charge in [0.2, 0.25) is 5.82 Å². The van der Waals surface area contributed by atoms with Crippen LogP contribution in [0.2, 0.25) is 0 Å². The smallest absolute Gasteiger partial charge is 0.312 e. The average molecular weight is 903 g/mol. The zero-order valence-electron chi connectivity index (χ0n) is 37.3. The van der Waals surface area contributed by atoms with Gasteiger partial charge in [-0.2, -0.15) is 0 Å². The number of H-pyrrole nitrogens is 1. The largest absolute Gasteiger partial charge is 0.455 e. The van der Waals surface area contributed by atoms with Crippen LogP contribution in [0.15, 0.2) is 84.1 Å². The lowest BCUT2D eigenvalue weighted by Crippen LogP contribution is -2.56. The highest BCUT2D eigenvalue weighted by atomic mass is 32.2. The van der Waals surface area contributed by atoms with Crippen molar-refractivity contribution in [2.75, 3.05) is 36.4 Å². The highest BCUT2D eigenvalue weighted by molar-refractivity contribution is 7.90. The van der Waals surface area contributed by atoms with Crippen molar-refractivity contribution >= 4 is 44.2 Å². The molecule has 0 bridgehead atoms. The van der Waals surface area contributed by atoms with Gasteiger partial charge in [0.1, 0.15) is 22.0 Å². The number of fused-ring (bicyclic) bond motifs is 2. The fourth-order valence-corrected chi connectivity index (χ4v) is 12.5. The summed E-state index contributed by atoms with van der Waals surface area (Å²) in [5.74, 6) is 0.889. The summed E-state index contributed by atoms with van der Waals surface area (Å²) in [6, 6.07) is 19.4. The summed E-state index contributed by atoms with van der Waals surface area (Å²) in [4.78, 5) is 41.7. The predicted molar refractivity (Wildman–Crippen MR) is 248 cm³/mol. The molecule has 1 spiro atoms. The number of aliphatic hydroxyl groups is 1. The number of pyridine rings is 2. The summed E-state index contributed by atoms with van der Waals surface area (Å²) in [7, 11) is -4.63. The van der Waals surface area contributed by atoms with E-state index in [0.29, 0.717) is 48.2 Å². The molecule has 2 atom stereocenters. The first-order valence-corrected chi connectivity index (χ1v) is 24.6. The van der Waals surface area contributed by atoms with E-state index < -0.39 is 37.0 Å². The molecular formula is C49H58N8O7S. The van der Waals surface area contributed by atoms with Crippen LogP contribution in [-0.2, 0) is 15.6 Å². The number of hydrogen-bond donors (Lipinski definition) is 4. The number of nitro groups is 1. The van der Waals surface area contributed by atoms with Crippen LogP contribution in [0.1, 0.15) is 112 Å². The van der Waals surface area contributed by atoms with Gasteiger partial charge in [0, 0.05) is 60.6 Å². The molecule has 5 aliphatic rings. The van der Waals surface area contributed by atoms with Crippen LogP contribution in [0.3, 0.4) is 0 Å². The van der Waals surface area contributed by atoms with Gasteiger partial charge in [-0.1, -0.05) is 38.1 Å². The van der Waals surface area contributed by atoms with Crippen molar-refractivity contribution in [1.29, 1.82) is 0 Å². The van der Waals surface area contributed by atoms with Gasteiger partial charge in [-0.3, -0.25) is 19.8 Å². The number of nitrogens with zero attached hydrogens (tertiary/aromatic N) is 5. The molecule has 4 N–H and O–H groups in total. The van der Waals surface area contributed by atoms with Crippen molar-refractivity contribution in [2.24, 2.45) is 17.3 Å². The van der Waals surface area contributed by atoms with Crippen molar-refractivity contribution in [3.63, 3.8) is 0 Å². The highest BCUT2D eigenvalue weighted by Gasteiger charge is 2.66. The maximum absolute atomic E-state index is 14.0. The number of hydrogen-bond acceptors (Lipinski definition) is 12. The van der Waals surface area contributed by atoms with Crippen molar-refractivity contribution in [2.45, 2.75) is 113 Å². The Bertz CT molecular complexity index is 2750. The normalized spacial score (nSPS) is 25.3. The second kappa shape index (κ2) is 16.4. The second-order valence-electron chi connectivity index (χ2n) is 20.0. The van der Waals surface area contributed by atoms with E-state index in [1.54, 1.807) is 36.9 Å². The van der Waals surface area contributed by atoms with Gasteiger partial charge in [0.05, 0.1) is 28.5 Å². The Morgan fingerprint density at radius 2 is 1.75 bits per heavy atom. The van der Waals surface area contributed by atoms with Gasteiger partial charge in [-0.25, -0.2) is 23.1 Å². The fraction of sp³-hybridized carbons (Fsp3) is 0.490. The number of amides is 1. The van der Waals surface area contributed by atoms with Crippen molar-refractivity contribution in [3.8, 4) is 11.5 Å². The lowest BCUT2D eigenvalue weighted by molar-refractivity contribution is -0.384. The molecule has 3 aromatic heterocycles. The van der Waals surface area contributed by atoms with Crippen LogP contribution < -0.4 is 19.7 Å². The predicted octanol–water partition coefficient (Wildman–Crippen LogP) is 8.62. The first kappa shape index (κ1) is 43.3. The number of piperidine rings is 2. The molecule has 5 heterocycles. The topological polar surface area (TPSA) is 196 Å². The highest BCUT2D eigenvalue weighted by Crippen LogP contribution is 2.67. The van der Waals surface area contributed by atoms with Crippen molar-refractivity contribution < 1.29 is 28.0 Å². The van der Waals surface area contributed by atoms with Gasteiger partial charge in [0.25, 0.3) is 15.9 Å². The standard InChI is InChI=1S/C49H58N8O7S/c1-31(2)39-6-4-5-7-41(39)49-25-34(49)13-19-56(49)36-26-48(27-36)16-20-55(21-17-48)35-8-9-40(43(23-35)64-37-22-33-12-18-50-44(33)52-29-37)46(58)54-65(62,63)38-24-42(57(60)61)45(53-30-38)51-28-32-10-14-47(3,59)15-11-32/h4-9,12,18,22-24,29-32,34,36,59H,10-11,13-17,19-21,25-28H2,1-3H3,(H,50,52)(H,51,53)(H,54,58). The number of anilines is 2. The molecule has 2 aliphatic heterocycles. The van der Waals surface area contributed by atoms with Gasteiger partial charge in [-0.15, -0.1) is 0 Å². The number of carbonyl (C=O) groups excluding carboxylic acids is 1. The summed E-state index contributed by atoms with van der Waals surface area (Å²) < 4.78 is 35.9. The number of benzene rings is 2. The molecule has 1 amide bonds. The summed E-state index contributed by atoms with van der Waals surface area (Å²) in [5, 5.41) is 26.2. The Labute approximate surface area is 379 Å². The Hall–Kier alpha value is -5.58. The minimum Gasteiger partial charge on any atom is -0.455 e. The number of likely N-dealkylation sites (tertiary alicyclic amines) is 1. The number of rotatable bonds is 13. The lowest BCUT2D eigenvalue weighted by atomic mass is 9.59. The van der Waals surface area contributed by atoms with Gasteiger partial charge >= 0.3 is 5.69 Å². The molecule has 0 radical (unpaired) electrons. The Morgan fingerprint density at radius 1 is 0.985 bits per heavy atom. The zero-order valence-corrected chi connectivity index (χ0v) is 38.1. The zero-order chi connectivity index (χ0) is 45.3. The van der Waals surface area contributed by atoms with Gasteiger partial charge < -0.3 is 25.0 Å². The molecule has 3 aliphatic carbocycles. The number of carbonyl (C=O) groups is 1. The Balaban J connectivity index is 0.839. The summed E-state index contributed by atoms with van der Waals surface area (Å²) >= 11 is 0. The molecule has 5 aromatic rings. The maximum atomic E-state index is 14.0. The SMILES string of the molecule is CC(C)c1ccccc1C12CC1CCN2C1CC2(CCN(c3ccc(C(=O)NS(=O)(=O)c4cnc(NCC5CCC(C)(O)CC5)c([N+](=O)[O-])c4)c(Oc4cnc5[nH]ccc5c4)c3)CC2)C1. The minimum absolute atomic E-state index is 0.0361. The molecule has 5 fully saturated rings. The summed E-state index contributed by atoms with van der Waals surface area (Å²) in [5.41, 5.74) is 3.78. The lowest BCUT2D eigenvalue weighted by Gasteiger charge is -2.56. The van der Waals surface area contributed by atoms with E-state index in [-0.39, 0.29) is 28.6 Å². The monoisotopic (exact) mass is 902 g/mol. The molecule has 2 saturated heterocycles.